The second-order valence-electron chi connectivity index (χ2n) is 7.22. The van der Waals surface area contributed by atoms with E-state index in [9.17, 15) is 14.3 Å². The van der Waals surface area contributed by atoms with Gasteiger partial charge in [-0.15, -0.1) is 0 Å². The number of methoxy groups -OCH3 is 1. The average Bonchev–Trinajstić information content (AvgIpc) is 3.20. The number of aliphatic hydroxyl groups is 1. The second-order valence-corrected chi connectivity index (χ2v) is 7.63. The molecule has 1 aromatic carbocycles. The van der Waals surface area contributed by atoms with Gasteiger partial charge in [0, 0.05) is 24.0 Å². The fraction of sp³-hybridized carbons (Fsp3) is 0.286. The van der Waals surface area contributed by atoms with Crippen molar-refractivity contribution >= 4 is 29.0 Å². The molecule has 0 saturated heterocycles. The van der Waals surface area contributed by atoms with Crippen LogP contribution in [0.15, 0.2) is 36.7 Å². The summed E-state index contributed by atoms with van der Waals surface area (Å²) in [5, 5.41) is 16.8. The van der Waals surface area contributed by atoms with Gasteiger partial charge in [-0.25, -0.2) is 9.37 Å². The van der Waals surface area contributed by atoms with Gasteiger partial charge in [0.2, 0.25) is 6.41 Å². The molecular formula is C21H22ClFN6O4. The standard InChI is InChI=1S/C21H22ClFN6O4/c1-32-16-4-2-7-25-19(16)29-18(24)12(10-26-29)20(30)28-8-3-9-33-21(31)27-15-6-5-14(22)17(23)13(15)11-28/h2,4-7,10,21,27,31H,3,8-9,11,24H2,1H3. The number of aliphatic hydroxyl groups excluding tert-OH is 1. The summed E-state index contributed by atoms with van der Waals surface area (Å²) in [6.07, 6.45) is 1.95. The summed E-state index contributed by atoms with van der Waals surface area (Å²) in [6.45, 7) is 0.273. The molecule has 4 N–H and O–H groups in total. The first-order chi connectivity index (χ1) is 15.9. The van der Waals surface area contributed by atoms with Crippen LogP contribution >= 0.6 is 11.6 Å². The Bertz CT molecular complexity index is 1170. The van der Waals surface area contributed by atoms with Gasteiger partial charge in [0.1, 0.15) is 17.2 Å². The van der Waals surface area contributed by atoms with Crippen LogP contribution in [0, 0.1) is 5.82 Å². The van der Waals surface area contributed by atoms with Gasteiger partial charge in [-0.3, -0.25) is 4.79 Å². The molecule has 0 saturated carbocycles. The predicted molar refractivity (Wildman–Crippen MR) is 119 cm³/mol. The quantitative estimate of drug-likeness (QED) is 0.525. The Morgan fingerprint density at radius 2 is 2.24 bits per heavy atom. The van der Waals surface area contributed by atoms with Crippen LogP contribution in [-0.4, -0.2) is 57.4 Å². The number of hydrogen-bond acceptors (Lipinski definition) is 8. The molecule has 1 atom stereocenters. The monoisotopic (exact) mass is 476 g/mol. The maximum atomic E-state index is 14.9. The third-order valence-corrected chi connectivity index (χ3v) is 5.46. The maximum Gasteiger partial charge on any atom is 0.259 e. The number of pyridine rings is 1. The lowest BCUT2D eigenvalue weighted by atomic mass is 10.1. The molecule has 1 aliphatic rings. The molecule has 1 amide bonds. The SMILES string of the molecule is COc1cccnc1-n1ncc(C(=O)N2CCCOC(O)Nc3ccc(Cl)c(F)c3C2)c1N. The van der Waals surface area contributed by atoms with E-state index in [1.54, 1.807) is 18.3 Å². The summed E-state index contributed by atoms with van der Waals surface area (Å²) in [4.78, 5) is 19.1. The van der Waals surface area contributed by atoms with Crippen molar-refractivity contribution in [2.45, 2.75) is 19.4 Å². The van der Waals surface area contributed by atoms with Crippen molar-refractivity contribution in [3.8, 4) is 11.6 Å². The highest BCUT2D eigenvalue weighted by molar-refractivity contribution is 6.30. The number of ether oxygens (including phenoxy) is 2. The van der Waals surface area contributed by atoms with Gasteiger partial charge >= 0.3 is 0 Å². The highest BCUT2D eigenvalue weighted by Crippen LogP contribution is 2.30. The fourth-order valence-electron chi connectivity index (χ4n) is 3.51. The van der Waals surface area contributed by atoms with Gasteiger partial charge in [0.25, 0.3) is 5.91 Å². The molecule has 174 valence electrons. The molecule has 1 unspecified atom stereocenters. The molecule has 1 aliphatic heterocycles. The molecule has 0 spiro atoms. The van der Waals surface area contributed by atoms with Crippen LogP contribution in [0.4, 0.5) is 15.9 Å². The van der Waals surface area contributed by atoms with Gasteiger partial charge in [-0.2, -0.15) is 9.78 Å². The minimum Gasteiger partial charge on any atom is -0.493 e. The third kappa shape index (κ3) is 4.56. The van der Waals surface area contributed by atoms with E-state index in [1.165, 1.54) is 35.0 Å². The number of carbonyl (C=O) groups is 1. The van der Waals surface area contributed by atoms with Gasteiger partial charge in [0.05, 0.1) is 31.5 Å². The van der Waals surface area contributed by atoms with Crippen molar-refractivity contribution in [3.63, 3.8) is 0 Å². The highest BCUT2D eigenvalue weighted by atomic mass is 35.5. The zero-order valence-corrected chi connectivity index (χ0v) is 18.4. The summed E-state index contributed by atoms with van der Waals surface area (Å²) in [5.41, 5.74) is 6.74. The Morgan fingerprint density at radius 1 is 1.42 bits per heavy atom. The number of anilines is 2. The van der Waals surface area contributed by atoms with E-state index in [4.69, 9.17) is 26.8 Å². The van der Waals surface area contributed by atoms with Crippen molar-refractivity contribution in [3.05, 3.63) is 58.6 Å². The lowest BCUT2D eigenvalue weighted by Gasteiger charge is -2.27. The van der Waals surface area contributed by atoms with E-state index in [-0.39, 0.29) is 47.4 Å². The van der Waals surface area contributed by atoms with Crippen LogP contribution < -0.4 is 15.8 Å². The molecule has 3 aromatic rings. The van der Waals surface area contributed by atoms with Crippen LogP contribution in [0.25, 0.3) is 5.82 Å². The van der Waals surface area contributed by atoms with E-state index in [1.807, 2.05) is 0 Å². The average molecular weight is 477 g/mol. The number of hydrogen-bond donors (Lipinski definition) is 3. The number of halogens is 2. The molecule has 0 aliphatic carbocycles. The Hall–Kier alpha value is -3.41. The lowest BCUT2D eigenvalue weighted by molar-refractivity contribution is -0.0802. The number of aromatic nitrogens is 3. The number of nitrogens with zero attached hydrogens (tertiary/aromatic N) is 4. The first-order valence-corrected chi connectivity index (χ1v) is 10.4. The highest BCUT2D eigenvalue weighted by Gasteiger charge is 2.26. The first-order valence-electron chi connectivity index (χ1n) is 10.1. The summed E-state index contributed by atoms with van der Waals surface area (Å²) in [7, 11) is 1.49. The van der Waals surface area contributed by atoms with Gasteiger partial charge in [0.15, 0.2) is 11.6 Å². The molecule has 0 radical (unpaired) electrons. The van der Waals surface area contributed by atoms with Crippen molar-refractivity contribution in [1.82, 2.24) is 19.7 Å². The van der Waals surface area contributed by atoms with Crippen LogP contribution in [0.3, 0.4) is 0 Å². The van der Waals surface area contributed by atoms with E-state index in [0.717, 1.165) is 0 Å². The number of nitrogen functional groups attached to an aromatic ring is 1. The summed E-state index contributed by atoms with van der Waals surface area (Å²) in [5.74, 6) is -0.343. The van der Waals surface area contributed by atoms with Crippen LogP contribution in [0.1, 0.15) is 22.3 Å². The van der Waals surface area contributed by atoms with Crippen molar-refractivity contribution in [2.24, 2.45) is 0 Å². The number of nitrogens with one attached hydrogen (secondary N) is 1. The Balaban J connectivity index is 1.70. The Morgan fingerprint density at radius 3 is 3.03 bits per heavy atom. The molecule has 33 heavy (non-hydrogen) atoms. The van der Waals surface area contributed by atoms with Crippen LogP contribution in [0.2, 0.25) is 5.02 Å². The van der Waals surface area contributed by atoms with Gasteiger partial charge < -0.3 is 30.5 Å². The lowest BCUT2D eigenvalue weighted by Crippen LogP contribution is -2.35. The van der Waals surface area contributed by atoms with Crippen LogP contribution in [0.5, 0.6) is 5.75 Å². The maximum absolute atomic E-state index is 14.9. The molecule has 4 rings (SSSR count). The molecule has 2 aromatic heterocycles. The largest absolute Gasteiger partial charge is 0.493 e. The molecule has 3 heterocycles. The zero-order chi connectivity index (χ0) is 23.5. The second kappa shape index (κ2) is 9.61. The molecule has 0 fully saturated rings. The van der Waals surface area contributed by atoms with E-state index in [0.29, 0.717) is 18.0 Å². The smallest absolute Gasteiger partial charge is 0.259 e. The predicted octanol–water partition coefficient (Wildman–Crippen LogP) is 2.40. The number of nitrogens with two attached hydrogens (primary N) is 1. The first kappa shape index (κ1) is 22.8. The molecule has 10 nitrogen and oxygen atoms in total. The van der Waals surface area contributed by atoms with Crippen molar-refractivity contribution in [1.29, 1.82) is 0 Å². The Kier molecular flexibility index (Phi) is 6.63. The number of benzene rings is 1. The van der Waals surface area contributed by atoms with Crippen molar-refractivity contribution < 1.29 is 23.8 Å². The molecule has 0 bridgehead atoms. The van der Waals surface area contributed by atoms with Gasteiger partial charge in [-0.05, 0) is 30.7 Å². The minimum absolute atomic E-state index is 0.0608. The van der Waals surface area contributed by atoms with Crippen LogP contribution in [-0.2, 0) is 11.3 Å². The summed E-state index contributed by atoms with van der Waals surface area (Å²) >= 11 is 5.97. The zero-order valence-electron chi connectivity index (χ0n) is 17.7. The van der Waals surface area contributed by atoms with E-state index in [2.05, 4.69) is 15.4 Å². The minimum atomic E-state index is -1.33. The fourth-order valence-corrected chi connectivity index (χ4v) is 3.69. The molecular weight excluding hydrogens is 455 g/mol. The number of amides is 1. The normalized spacial score (nSPS) is 16.6. The molecule has 12 heteroatoms. The summed E-state index contributed by atoms with van der Waals surface area (Å²) < 4.78 is 26.8. The van der Waals surface area contributed by atoms with E-state index < -0.39 is 18.1 Å². The Labute approximate surface area is 193 Å². The summed E-state index contributed by atoms with van der Waals surface area (Å²) in [6, 6.07) is 6.26. The number of fused-ring (bicyclic) bond motifs is 1. The third-order valence-electron chi connectivity index (χ3n) is 5.17. The topological polar surface area (TPSA) is 128 Å². The number of rotatable bonds is 3. The number of carbonyl (C=O) groups excluding carboxylic acids is 1. The van der Waals surface area contributed by atoms with Crippen molar-refractivity contribution in [2.75, 3.05) is 31.3 Å². The van der Waals surface area contributed by atoms with E-state index >= 15 is 0 Å². The van der Waals surface area contributed by atoms with Gasteiger partial charge in [-0.1, -0.05) is 11.6 Å².